The van der Waals surface area contributed by atoms with Gasteiger partial charge < -0.3 is 15.4 Å². The lowest BCUT2D eigenvalue weighted by molar-refractivity contribution is 0.417. The molecule has 0 aliphatic heterocycles. The van der Waals surface area contributed by atoms with Crippen molar-refractivity contribution in [3.8, 4) is 5.75 Å². The lowest BCUT2D eigenvalue weighted by atomic mass is 10.2. The molecule has 0 bridgehead atoms. The van der Waals surface area contributed by atoms with Crippen LogP contribution in [0, 0.1) is 0 Å². The molecule has 1 heterocycles. The SMILES string of the molecule is CCCNc1nc(Nc2cc(Cl)ccc2OC)nc2ccccc12. The molecule has 124 valence electrons. The summed E-state index contributed by atoms with van der Waals surface area (Å²) in [6.07, 6.45) is 1.02. The number of para-hydroxylation sites is 1. The van der Waals surface area contributed by atoms with Gasteiger partial charge in [-0.2, -0.15) is 4.98 Å². The Morgan fingerprint density at radius 2 is 1.96 bits per heavy atom. The molecule has 0 atom stereocenters. The van der Waals surface area contributed by atoms with Gasteiger partial charge in [0.05, 0.1) is 18.3 Å². The quantitative estimate of drug-likeness (QED) is 0.670. The Labute approximate surface area is 146 Å². The van der Waals surface area contributed by atoms with Crippen LogP contribution in [0.2, 0.25) is 5.02 Å². The zero-order valence-electron chi connectivity index (χ0n) is 13.6. The van der Waals surface area contributed by atoms with Gasteiger partial charge in [-0.05, 0) is 36.8 Å². The van der Waals surface area contributed by atoms with Crippen LogP contribution < -0.4 is 15.4 Å². The van der Waals surface area contributed by atoms with Gasteiger partial charge in [0.1, 0.15) is 11.6 Å². The largest absolute Gasteiger partial charge is 0.495 e. The summed E-state index contributed by atoms with van der Waals surface area (Å²) in [6, 6.07) is 13.3. The predicted octanol–water partition coefficient (Wildman–Crippen LogP) is 4.86. The van der Waals surface area contributed by atoms with Crippen molar-refractivity contribution in [2.24, 2.45) is 0 Å². The molecule has 1 aromatic heterocycles. The first-order valence-corrected chi connectivity index (χ1v) is 8.20. The van der Waals surface area contributed by atoms with Gasteiger partial charge in [-0.1, -0.05) is 30.7 Å². The van der Waals surface area contributed by atoms with Crippen molar-refractivity contribution < 1.29 is 4.74 Å². The first-order chi connectivity index (χ1) is 11.7. The number of rotatable bonds is 6. The Balaban J connectivity index is 2.02. The normalized spacial score (nSPS) is 10.6. The Hall–Kier alpha value is -2.53. The first kappa shape index (κ1) is 16.3. The van der Waals surface area contributed by atoms with Crippen LogP contribution in [-0.2, 0) is 0 Å². The van der Waals surface area contributed by atoms with E-state index < -0.39 is 0 Å². The lowest BCUT2D eigenvalue weighted by Crippen LogP contribution is -2.06. The molecule has 6 heteroatoms. The fourth-order valence-electron chi connectivity index (χ4n) is 2.41. The molecule has 0 fully saturated rings. The van der Waals surface area contributed by atoms with Crippen molar-refractivity contribution >= 4 is 40.0 Å². The van der Waals surface area contributed by atoms with Crippen LogP contribution in [0.3, 0.4) is 0 Å². The van der Waals surface area contributed by atoms with Gasteiger partial charge in [-0.25, -0.2) is 4.98 Å². The van der Waals surface area contributed by atoms with E-state index in [9.17, 15) is 0 Å². The number of methoxy groups -OCH3 is 1. The van der Waals surface area contributed by atoms with Gasteiger partial charge in [0.25, 0.3) is 0 Å². The fourth-order valence-corrected chi connectivity index (χ4v) is 2.58. The molecule has 0 aliphatic carbocycles. The summed E-state index contributed by atoms with van der Waals surface area (Å²) in [5, 5.41) is 8.17. The Bertz CT molecular complexity index is 854. The highest BCUT2D eigenvalue weighted by molar-refractivity contribution is 6.31. The minimum Gasteiger partial charge on any atom is -0.495 e. The van der Waals surface area contributed by atoms with Crippen molar-refractivity contribution in [2.45, 2.75) is 13.3 Å². The van der Waals surface area contributed by atoms with Crippen LogP contribution in [0.5, 0.6) is 5.75 Å². The Morgan fingerprint density at radius 3 is 2.75 bits per heavy atom. The van der Waals surface area contributed by atoms with E-state index in [-0.39, 0.29) is 0 Å². The molecule has 0 unspecified atom stereocenters. The van der Waals surface area contributed by atoms with E-state index in [4.69, 9.17) is 16.3 Å². The molecular formula is C18H19ClN4O. The molecule has 5 nitrogen and oxygen atoms in total. The summed E-state index contributed by atoms with van der Waals surface area (Å²) >= 11 is 6.09. The van der Waals surface area contributed by atoms with Crippen molar-refractivity contribution in [1.29, 1.82) is 0 Å². The van der Waals surface area contributed by atoms with E-state index in [1.165, 1.54) is 0 Å². The highest BCUT2D eigenvalue weighted by atomic mass is 35.5. The summed E-state index contributed by atoms with van der Waals surface area (Å²) in [7, 11) is 1.61. The van der Waals surface area contributed by atoms with Crippen LogP contribution >= 0.6 is 11.6 Å². The molecule has 0 amide bonds. The predicted molar refractivity (Wildman–Crippen MR) is 99.6 cm³/mol. The average Bonchev–Trinajstić information content (AvgIpc) is 2.60. The number of nitrogens with zero attached hydrogens (tertiary/aromatic N) is 2. The van der Waals surface area contributed by atoms with Crippen molar-refractivity contribution in [3.63, 3.8) is 0 Å². The van der Waals surface area contributed by atoms with Gasteiger partial charge in [0, 0.05) is 17.0 Å². The number of fused-ring (bicyclic) bond motifs is 1. The topological polar surface area (TPSA) is 59.1 Å². The fraction of sp³-hybridized carbons (Fsp3) is 0.222. The first-order valence-electron chi connectivity index (χ1n) is 7.82. The maximum atomic E-state index is 6.09. The van der Waals surface area contributed by atoms with E-state index >= 15 is 0 Å². The standard InChI is InChI=1S/C18H19ClN4O/c1-3-10-20-17-13-6-4-5-7-14(13)21-18(23-17)22-15-11-12(19)8-9-16(15)24-2/h4-9,11H,3,10H2,1-2H3,(H2,20,21,22,23). The van der Waals surface area contributed by atoms with Gasteiger partial charge >= 0.3 is 0 Å². The third-order valence-electron chi connectivity index (χ3n) is 3.55. The third-order valence-corrected chi connectivity index (χ3v) is 3.79. The van der Waals surface area contributed by atoms with Crippen LogP contribution in [0.4, 0.5) is 17.5 Å². The molecule has 0 saturated carbocycles. The second-order valence-electron chi connectivity index (χ2n) is 5.31. The number of aromatic nitrogens is 2. The number of anilines is 3. The number of ether oxygens (including phenoxy) is 1. The molecule has 3 aromatic rings. The number of halogens is 1. The van der Waals surface area contributed by atoms with Gasteiger partial charge in [0.15, 0.2) is 0 Å². The highest BCUT2D eigenvalue weighted by Crippen LogP contribution is 2.31. The maximum absolute atomic E-state index is 6.09. The summed E-state index contributed by atoms with van der Waals surface area (Å²) in [5.74, 6) is 1.98. The summed E-state index contributed by atoms with van der Waals surface area (Å²) in [6.45, 7) is 2.97. The van der Waals surface area contributed by atoms with Crippen molar-refractivity contribution in [2.75, 3.05) is 24.3 Å². The van der Waals surface area contributed by atoms with E-state index in [0.717, 1.165) is 35.4 Å². The van der Waals surface area contributed by atoms with E-state index in [1.807, 2.05) is 30.3 Å². The van der Waals surface area contributed by atoms with E-state index in [2.05, 4.69) is 27.5 Å². The zero-order chi connectivity index (χ0) is 16.9. The van der Waals surface area contributed by atoms with Crippen LogP contribution in [0.1, 0.15) is 13.3 Å². The summed E-state index contributed by atoms with van der Waals surface area (Å²) in [4.78, 5) is 9.19. The third kappa shape index (κ3) is 3.51. The van der Waals surface area contributed by atoms with Gasteiger partial charge in [-0.3, -0.25) is 0 Å². The minimum atomic E-state index is 0.493. The minimum absolute atomic E-state index is 0.493. The lowest BCUT2D eigenvalue weighted by Gasteiger charge is -2.13. The highest BCUT2D eigenvalue weighted by Gasteiger charge is 2.10. The van der Waals surface area contributed by atoms with Crippen LogP contribution in [-0.4, -0.2) is 23.6 Å². The molecule has 2 N–H and O–H groups in total. The molecule has 2 aromatic carbocycles. The summed E-state index contributed by atoms with van der Waals surface area (Å²) in [5.41, 5.74) is 1.59. The second-order valence-corrected chi connectivity index (χ2v) is 5.75. The Kier molecular flexibility index (Phi) is 5.01. The molecule has 0 radical (unpaired) electrons. The summed E-state index contributed by atoms with van der Waals surface area (Å²) < 4.78 is 5.36. The molecule has 0 saturated heterocycles. The molecule has 0 aliphatic rings. The Morgan fingerprint density at radius 1 is 1.12 bits per heavy atom. The van der Waals surface area contributed by atoms with Gasteiger partial charge in [-0.15, -0.1) is 0 Å². The van der Waals surface area contributed by atoms with Crippen LogP contribution in [0.15, 0.2) is 42.5 Å². The molecule has 3 rings (SSSR count). The molecular weight excluding hydrogens is 324 g/mol. The molecule has 0 spiro atoms. The number of nitrogens with one attached hydrogen (secondary N) is 2. The van der Waals surface area contributed by atoms with Crippen molar-refractivity contribution in [1.82, 2.24) is 9.97 Å². The van der Waals surface area contributed by atoms with E-state index in [0.29, 0.717) is 16.7 Å². The zero-order valence-corrected chi connectivity index (χ0v) is 14.4. The molecule has 24 heavy (non-hydrogen) atoms. The smallest absolute Gasteiger partial charge is 0.229 e. The monoisotopic (exact) mass is 342 g/mol. The number of benzene rings is 2. The number of hydrogen-bond acceptors (Lipinski definition) is 5. The van der Waals surface area contributed by atoms with Crippen molar-refractivity contribution in [3.05, 3.63) is 47.5 Å². The van der Waals surface area contributed by atoms with Gasteiger partial charge in [0.2, 0.25) is 5.95 Å². The average molecular weight is 343 g/mol. The van der Waals surface area contributed by atoms with E-state index in [1.54, 1.807) is 19.2 Å². The number of hydrogen-bond donors (Lipinski definition) is 2. The second kappa shape index (κ2) is 7.36. The maximum Gasteiger partial charge on any atom is 0.229 e. The van der Waals surface area contributed by atoms with Crippen LogP contribution in [0.25, 0.3) is 10.9 Å².